The number of hydrogen-bond acceptors (Lipinski definition) is 7. The van der Waals surface area contributed by atoms with Crippen LogP contribution in [0, 0.1) is 48.9 Å². The molecule has 0 saturated carbocycles. The van der Waals surface area contributed by atoms with E-state index in [2.05, 4.69) is 293 Å². The van der Waals surface area contributed by atoms with E-state index in [9.17, 15) is 13.6 Å². The van der Waals surface area contributed by atoms with Gasteiger partial charge in [0, 0.05) is 176 Å². The van der Waals surface area contributed by atoms with Crippen molar-refractivity contribution in [3.05, 3.63) is 454 Å². The molecule has 7 nitrogen and oxygen atoms in total. The van der Waals surface area contributed by atoms with E-state index in [1.165, 1.54) is 87.2 Å². The summed E-state index contributed by atoms with van der Waals surface area (Å²) in [6.45, 7) is 4.92. The first-order valence-electron chi connectivity index (χ1n) is 38.6. The molecule has 0 aliphatic carbocycles. The maximum absolute atomic E-state index is 14.1. The van der Waals surface area contributed by atoms with Crippen LogP contribution in [0.3, 0.4) is 0 Å². The first kappa shape index (κ1) is 93.4. The van der Waals surface area contributed by atoms with E-state index < -0.39 is 11.6 Å². The van der Waals surface area contributed by atoms with Crippen molar-refractivity contribution in [1.29, 1.82) is 0 Å². The third kappa shape index (κ3) is 23.5. The van der Waals surface area contributed by atoms with Crippen LogP contribution < -0.4 is 0 Å². The van der Waals surface area contributed by atoms with E-state index in [0.29, 0.717) is 11.1 Å². The number of carbonyl (C=O) groups is 1. The van der Waals surface area contributed by atoms with Gasteiger partial charge in [-0.05, 0) is 99.1 Å². The largest absolute Gasteiger partial charge is 0.512 e. The number of carbonyl (C=O) groups excluding carboxylic acids is 1. The van der Waals surface area contributed by atoms with Crippen LogP contribution in [0.2, 0.25) is 0 Å². The standard InChI is InChI=1S/C25H16N.C21H12F2N.2C21H14N.C16H12N.C5H8O2.5Pt/c1-2-13-22-18(7-1)8-4-14-23(22)20-10-3-11-21(17-20)24-15-5-9-19-12-6-16-26-25(19)24;22-17-9-10-18(20(23)13-17)15-5-1-6-16(12-15)19-8-2-4-14-7-3-11-24-21(14)19;1-2-6-16(7-3-1)17-11-13-18(14-12-17)20-10-4-8-19-9-5-15-22-21(19)20;1-2-8-16(9-3-1)18-12-4-5-13-19(18)20-14-6-10-17-11-7-15-22-21(17)20;1-12-7-9-13(10-8-12)15-6-2-4-14-5-3-11-17-16(14)15;1-4(6)3-5(2)7;;;;;/h1-10,12-17H;1-5,7-13H;1-13,15H;1-12,14-15H;2-9,11H,1H3;3,6H,1-2H3;;;;;/q5*-1;;;;;;. The second-order valence-electron chi connectivity index (χ2n) is 27.9. The number of para-hydroxylation sites is 5. The number of fused-ring (bicyclic) bond motifs is 6. The number of aliphatic hydroxyl groups excluding tert-OH is 1. The number of ketones is 1. The summed E-state index contributed by atoms with van der Waals surface area (Å²) in [7, 11) is 0. The van der Waals surface area contributed by atoms with Gasteiger partial charge in [0.2, 0.25) is 0 Å². The Hall–Kier alpha value is -11.9. The van der Waals surface area contributed by atoms with Crippen LogP contribution >= 0.6 is 0 Å². The Kier molecular flexibility index (Phi) is 34.8. The number of halogens is 2. The number of aromatic nitrogens is 5. The average Bonchev–Trinajstić information content (AvgIpc) is 0.814. The third-order valence-corrected chi connectivity index (χ3v) is 19.8. The summed E-state index contributed by atoms with van der Waals surface area (Å²) in [4.78, 5) is 32.6. The molecule has 0 aliphatic heterocycles. The van der Waals surface area contributed by atoms with Crippen molar-refractivity contribution in [1.82, 2.24) is 24.9 Å². The minimum Gasteiger partial charge on any atom is -0.512 e. The zero-order chi connectivity index (χ0) is 80.9. The molecular weight excluding hydrogens is 2420 g/mol. The molecule has 0 bridgehead atoms. The molecule has 0 spiro atoms. The normalized spacial score (nSPS) is 10.4. The van der Waals surface area contributed by atoms with Crippen molar-refractivity contribution in [2.45, 2.75) is 20.8 Å². The van der Waals surface area contributed by atoms with E-state index in [4.69, 9.17) is 5.11 Å². The fraction of sp³-hybridized carbons (Fsp3) is 0.0275. The predicted molar refractivity (Wildman–Crippen MR) is 481 cm³/mol. The molecule has 0 unspecified atom stereocenters. The molecule has 0 atom stereocenters. The second-order valence-corrected chi connectivity index (χ2v) is 27.9. The Morgan fingerprint density at radius 3 is 1.13 bits per heavy atom. The summed E-state index contributed by atoms with van der Waals surface area (Å²) in [5.41, 5.74) is 25.0. The number of aryl methyl sites for hydroxylation is 1. The first-order chi connectivity index (χ1) is 57.9. The molecule has 123 heavy (non-hydrogen) atoms. The Morgan fingerprint density at radius 1 is 0.301 bits per heavy atom. The Morgan fingerprint density at radius 2 is 0.691 bits per heavy atom. The first-order valence-corrected chi connectivity index (χ1v) is 38.6. The summed E-state index contributed by atoms with van der Waals surface area (Å²) < 4.78 is 27.2. The molecule has 20 aromatic rings. The van der Waals surface area contributed by atoms with Crippen molar-refractivity contribution in [3.63, 3.8) is 0 Å². The van der Waals surface area contributed by atoms with Crippen molar-refractivity contribution in [2.24, 2.45) is 0 Å². The predicted octanol–water partition coefficient (Wildman–Crippen LogP) is 27.9. The molecule has 1 N–H and O–H groups in total. The molecule has 5 aromatic heterocycles. The van der Waals surface area contributed by atoms with Crippen molar-refractivity contribution >= 4 is 71.1 Å². The number of aliphatic hydroxyl groups is 1. The maximum atomic E-state index is 14.1. The smallest absolute Gasteiger partial charge is 0.155 e. The molecule has 0 fully saturated rings. The summed E-state index contributed by atoms with van der Waals surface area (Å²) in [6.07, 6.45) is 10.3. The van der Waals surface area contributed by atoms with E-state index in [-0.39, 0.29) is 117 Å². The van der Waals surface area contributed by atoms with Gasteiger partial charge in [-0.25, -0.2) is 8.78 Å². The van der Waals surface area contributed by atoms with Gasteiger partial charge in [-0.1, -0.05) is 288 Å². The summed E-state index contributed by atoms with van der Waals surface area (Å²) in [5.74, 6) is -1.23. The van der Waals surface area contributed by atoms with Crippen LogP contribution in [0.15, 0.2) is 407 Å². The zero-order valence-electron chi connectivity index (χ0n) is 66.5. The molecule has 0 radical (unpaired) electrons. The topological polar surface area (TPSA) is 102 Å². The number of rotatable bonds is 10. The van der Waals surface area contributed by atoms with E-state index in [1.54, 1.807) is 18.3 Å². The Labute approximate surface area is 787 Å². The molecule has 618 valence electrons. The van der Waals surface area contributed by atoms with Crippen LogP contribution in [0.4, 0.5) is 8.78 Å². The van der Waals surface area contributed by atoms with Gasteiger partial charge in [-0.15, -0.1) is 166 Å². The molecule has 20 rings (SSSR count). The number of allylic oxidation sites excluding steroid dienone is 2. The number of nitrogens with zero attached hydrogens (tertiary/aromatic N) is 5. The van der Waals surface area contributed by atoms with Crippen LogP contribution in [0.5, 0.6) is 0 Å². The summed E-state index contributed by atoms with van der Waals surface area (Å²) in [6, 6.07) is 138. The number of benzene rings is 15. The van der Waals surface area contributed by atoms with Crippen molar-refractivity contribution in [2.75, 3.05) is 0 Å². The molecule has 0 aliphatic rings. The van der Waals surface area contributed by atoms with Crippen LogP contribution in [0.1, 0.15) is 19.4 Å². The second kappa shape index (κ2) is 45.8. The van der Waals surface area contributed by atoms with E-state index in [1.807, 2.05) is 128 Å². The summed E-state index contributed by atoms with van der Waals surface area (Å²) >= 11 is 0. The molecule has 5 heterocycles. The SMILES string of the molecule is CC(=O)C=C(C)O.Cc1c[c-]c(-c2cccc3cccnc23)cc1.Fc1ccc(-c2cc[c-]c(-c3cccc4cccnc34)c2)c(F)c1.[Pt].[Pt].[Pt].[Pt].[Pt].[c-]1cc(-c2ccccc2)ccc1-c1cccc2cccnc12.[c-]1ccc(-c2cccc3ccccc23)cc1-c1cccc2cccnc12.[c-]1cccc(-c2ccccc2)c1-c1cccc2cccnc12. The van der Waals surface area contributed by atoms with Crippen LogP contribution in [-0.4, -0.2) is 35.8 Å². The number of hydrogen-bond donors (Lipinski definition) is 1. The van der Waals surface area contributed by atoms with Gasteiger partial charge < -0.3 is 5.11 Å². The van der Waals surface area contributed by atoms with E-state index >= 15 is 0 Å². The summed E-state index contributed by atoms with van der Waals surface area (Å²) in [5, 5.41) is 16.5. The minimum absolute atomic E-state index is 0. The molecule has 14 heteroatoms. The van der Waals surface area contributed by atoms with Gasteiger partial charge in [0.1, 0.15) is 11.6 Å². The number of pyridine rings is 5. The maximum Gasteiger partial charge on any atom is 0.155 e. The van der Waals surface area contributed by atoms with Gasteiger partial charge in [-0.2, -0.15) is 0 Å². The van der Waals surface area contributed by atoms with Gasteiger partial charge in [0.25, 0.3) is 0 Å². The fourth-order valence-electron chi connectivity index (χ4n) is 14.3. The van der Waals surface area contributed by atoms with Crippen LogP contribution in [0.25, 0.3) is 165 Å². The Balaban J connectivity index is 0.000000157. The Bertz CT molecular complexity index is 6820. The molecule has 15 aromatic carbocycles. The third-order valence-electron chi connectivity index (χ3n) is 19.8. The van der Waals surface area contributed by atoms with Gasteiger partial charge >= 0.3 is 0 Å². The monoisotopic (exact) mass is 2500 g/mol. The van der Waals surface area contributed by atoms with E-state index in [0.717, 1.165) is 111 Å². The van der Waals surface area contributed by atoms with Crippen molar-refractivity contribution < 1.29 is 124 Å². The van der Waals surface area contributed by atoms with Gasteiger partial charge in [0.15, 0.2) is 5.78 Å². The quantitative estimate of drug-likeness (QED) is 0.0827. The minimum atomic E-state index is -0.586. The van der Waals surface area contributed by atoms with Crippen LogP contribution in [-0.2, 0) is 110 Å². The zero-order valence-corrected chi connectivity index (χ0v) is 77.9. The molecule has 0 saturated heterocycles. The van der Waals surface area contributed by atoms with Crippen molar-refractivity contribution in [3.8, 4) is 100 Å². The average molecular weight is 2500 g/mol. The molecular formula is C109H76F2N5O2Pt5-5. The van der Waals surface area contributed by atoms with Gasteiger partial charge in [-0.3, -0.25) is 29.7 Å². The molecule has 0 amide bonds. The van der Waals surface area contributed by atoms with Gasteiger partial charge in [0.05, 0.1) is 5.76 Å². The fourth-order valence-corrected chi connectivity index (χ4v) is 14.3.